The van der Waals surface area contributed by atoms with Crippen LogP contribution in [0.5, 0.6) is 5.75 Å². The zero-order chi connectivity index (χ0) is 18.4. The van der Waals surface area contributed by atoms with Gasteiger partial charge in [-0.05, 0) is 48.8 Å². The van der Waals surface area contributed by atoms with E-state index in [4.69, 9.17) is 9.15 Å². The molecule has 138 valence electrons. The molecule has 2 rings (SSSR count). The molecular formula is C20H29NO3S. The first-order valence-corrected chi connectivity index (χ1v) is 9.95. The molecule has 0 aliphatic heterocycles. The van der Waals surface area contributed by atoms with Crippen molar-refractivity contribution < 1.29 is 9.15 Å². The van der Waals surface area contributed by atoms with Crippen LogP contribution in [0.15, 0.2) is 33.6 Å². The Labute approximate surface area is 154 Å². The largest absolute Gasteiger partial charge is 0.480 e. The molecule has 1 unspecified atom stereocenters. The maximum Gasteiger partial charge on any atom is 0.416 e. The van der Waals surface area contributed by atoms with E-state index < -0.39 is 5.76 Å². The minimum atomic E-state index is -0.413. The zero-order valence-electron chi connectivity index (χ0n) is 15.8. The molecule has 2 aromatic rings. The third kappa shape index (κ3) is 6.65. The van der Waals surface area contributed by atoms with Crippen molar-refractivity contribution in [2.45, 2.75) is 58.6 Å². The van der Waals surface area contributed by atoms with Gasteiger partial charge in [0.1, 0.15) is 16.9 Å². The summed E-state index contributed by atoms with van der Waals surface area (Å²) in [5, 5.41) is 0. The number of nitrogens with one attached hydrogen (secondary N) is 1. The second-order valence-electron chi connectivity index (χ2n) is 7.28. The number of thioether (sulfide) groups is 1. The van der Waals surface area contributed by atoms with Gasteiger partial charge < -0.3 is 9.15 Å². The topological polar surface area (TPSA) is 55.2 Å². The molecular weight excluding hydrogens is 334 g/mol. The van der Waals surface area contributed by atoms with Crippen LogP contribution in [0, 0.1) is 11.8 Å². The zero-order valence-corrected chi connectivity index (χ0v) is 16.6. The molecule has 1 aromatic carbocycles. The Hall–Kier alpha value is -1.62. The van der Waals surface area contributed by atoms with Crippen LogP contribution in [0.4, 0.5) is 0 Å². The quantitative estimate of drug-likeness (QED) is 0.635. The average molecular weight is 364 g/mol. The highest BCUT2D eigenvalue weighted by molar-refractivity contribution is 7.98. The van der Waals surface area contributed by atoms with E-state index in [-0.39, 0.29) is 5.44 Å². The first-order valence-electron chi connectivity index (χ1n) is 8.91. The van der Waals surface area contributed by atoms with Gasteiger partial charge in [-0.15, -0.1) is 11.8 Å². The van der Waals surface area contributed by atoms with Crippen molar-refractivity contribution in [2.24, 2.45) is 11.8 Å². The smallest absolute Gasteiger partial charge is 0.416 e. The van der Waals surface area contributed by atoms with Crippen LogP contribution in [0.2, 0.25) is 0 Å². The maximum absolute atomic E-state index is 11.0. The Bertz CT molecular complexity index is 718. The fraction of sp³-hybridized carbons (Fsp3) is 0.550. The number of rotatable bonds is 9. The highest BCUT2D eigenvalue weighted by atomic mass is 32.2. The van der Waals surface area contributed by atoms with Crippen LogP contribution < -0.4 is 10.5 Å². The summed E-state index contributed by atoms with van der Waals surface area (Å²) in [5.41, 5.74) is 2.61. The standard InChI is InChI=1S/C20H29NO3S/c1-13(2)8-16-6-7-19(17(10-16)9-14(3)4)23-15(5)25-12-18-11-21-20(22)24-18/h6-7,10-11,13-15H,8-9,12H2,1-5H3,(H,21,22). The van der Waals surface area contributed by atoms with Crippen molar-refractivity contribution in [1.82, 2.24) is 4.98 Å². The summed E-state index contributed by atoms with van der Waals surface area (Å²) in [6, 6.07) is 6.56. The van der Waals surface area contributed by atoms with Gasteiger partial charge in [0.25, 0.3) is 0 Å². The number of ether oxygens (including phenoxy) is 1. The summed E-state index contributed by atoms with van der Waals surface area (Å²) in [7, 11) is 0. The SMILES string of the molecule is CC(C)Cc1ccc(OC(C)SCc2c[nH]c(=O)o2)c(CC(C)C)c1. The van der Waals surface area contributed by atoms with E-state index in [0.29, 0.717) is 23.3 Å². The molecule has 0 amide bonds. The summed E-state index contributed by atoms with van der Waals surface area (Å²) >= 11 is 1.61. The lowest BCUT2D eigenvalue weighted by Gasteiger charge is -2.19. The van der Waals surface area contributed by atoms with E-state index in [1.165, 1.54) is 11.1 Å². The van der Waals surface area contributed by atoms with Gasteiger partial charge in [0, 0.05) is 6.20 Å². The van der Waals surface area contributed by atoms with E-state index in [1.807, 2.05) is 6.92 Å². The highest BCUT2D eigenvalue weighted by Gasteiger charge is 2.13. The van der Waals surface area contributed by atoms with Gasteiger partial charge >= 0.3 is 5.76 Å². The molecule has 0 spiro atoms. The molecule has 0 saturated carbocycles. The van der Waals surface area contributed by atoms with E-state index in [0.717, 1.165) is 18.6 Å². The first kappa shape index (κ1) is 19.7. The third-order valence-electron chi connectivity index (χ3n) is 3.73. The number of oxazole rings is 1. The predicted octanol–water partition coefficient (Wildman–Crippen LogP) is 5.02. The molecule has 0 aliphatic carbocycles. The molecule has 1 N–H and O–H groups in total. The first-order chi connectivity index (χ1) is 11.8. The Morgan fingerprint density at radius 2 is 1.84 bits per heavy atom. The van der Waals surface area contributed by atoms with Gasteiger partial charge in [0.05, 0.1) is 5.75 Å². The highest BCUT2D eigenvalue weighted by Crippen LogP contribution is 2.28. The maximum atomic E-state index is 11.0. The third-order valence-corrected chi connectivity index (χ3v) is 4.74. The van der Waals surface area contributed by atoms with E-state index >= 15 is 0 Å². The minimum absolute atomic E-state index is 0.0259. The number of H-pyrrole nitrogens is 1. The number of benzene rings is 1. The van der Waals surface area contributed by atoms with Crippen LogP contribution in [-0.2, 0) is 18.6 Å². The second kappa shape index (κ2) is 9.18. The summed E-state index contributed by atoms with van der Waals surface area (Å²) < 4.78 is 11.2. The van der Waals surface area contributed by atoms with Gasteiger partial charge in [0.2, 0.25) is 0 Å². The van der Waals surface area contributed by atoms with Gasteiger partial charge in [-0.1, -0.05) is 39.8 Å². The molecule has 25 heavy (non-hydrogen) atoms. The van der Waals surface area contributed by atoms with Crippen molar-refractivity contribution in [2.75, 3.05) is 0 Å². The molecule has 4 nitrogen and oxygen atoms in total. The van der Waals surface area contributed by atoms with Crippen LogP contribution in [0.1, 0.15) is 51.5 Å². The lowest BCUT2D eigenvalue weighted by atomic mass is 9.96. The predicted molar refractivity (Wildman–Crippen MR) is 104 cm³/mol. The summed E-state index contributed by atoms with van der Waals surface area (Å²) in [4.78, 5) is 13.5. The molecule has 1 atom stereocenters. The van der Waals surface area contributed by atoms with Gasteiger partial charge in [-0.3, -0.25) is 4.98 Å². The number of hydrogen-bond acceptors (Lipinski definition) is 4. The molecule has 0 bridgehead atoms. The van der Waals surface area contributed by atoms with Gasteiger partial charge in [0.15, 0.2) is 0 Å². The molecule has 0 aliphatic rings. The lowest BCUT2D eigenvalue weighted by Crippen LogP contribution is -2.10. The molecule has 1 aromatic heterocycles. The molecule has 5 heteroatoms. The van der Waals surface area contributed by atoms with Gasteiger partial charge in [-0.25, -0.2) is 4.79 Å². The minimum Gasteiger partial charge on any atom is -0.480 e. The molecule has 0 radical (unpaired) electrons. The fourth-order valence-corrected chi connectivity index (χ4v) is 3.46. The van der Waals surface area contributed by atoms with Crippen LogP contribution in [0.3, 0.4) is 0 Å². The van der Waals surface area contributed by atoms with Crippen molar-refractivity contribution in [1.29, 1.82) is 0 Å². The van der Waals surface area contributed by atoms with Crippen LogP contribution in [-0.4, -0.2) is 10.4 Å². The normalized spacial score (nSPS) is 12.8. The van der Waals surface area contributed by atoms with Crippen molar-refractivity contribution >= 4 is 11.8 Å². The van der Waals surface area contributed by atoms with E-state index in [2.05, 4.69) is 50.9 Å². The monoisotopic (exact) mass is 363 g/mol. The van der Waals surface area contributed by atoms with Gasteiger partial charge in [-0.2, -0.15) is 0 Å². The summed E-state index contributed by atoms with van der Waals surface area (Å²) in [6.07, 6.45) is 3.69. The molecule has 0 saturated heterocycles. The lowest BCUT2D eigenvalue weighted by molar-refractivity contribution is 0.302. The Balaban J connectivity index is 2.03. The number of aromatic amines is 1. The molecule has 0 fully saturated rings. The van der Waals surface area contributed by atoms with E-state index in [1.54, 1.807) is 18.0 Å². The summed E-state index contributed by atoms with van der Waals surface area (Å²) in [6.45, 7) is 11.0. The Kier molecular flexibility index (Phi) is 7.24. The Morgan fingerprint density at radius 3 is 2.44 bits per heavy atom. The second-order valence-corrected chi connectivity index (χ2v) is 8.56. The fourth-order valence-electron chi connectivity index (χ4n) is 2.75. The van der Waals surface area contributed by atoms with E-state index in [9.17, 15) is 4.79 Å². The Morgan fingerprint density at radius 1 is 1.12 bits per heavy atom. The number of aromatic nitrogens is 1. The average Bonchev–Trinajstić information content (AvgIpc) is 2.92. The van der Waals surface area contributed by atoms with Crippen molar-refractivity contribution in [3.8, 4) is 5.75 Å². The van der Waals surface area contributed by atoms with Crippen molar-refractivity contribution in [3.05, 3.63) is 51.8 Å². The summed E-state index contributed by atoms with van der Waals surface area (Å²) in [5.74, 6) is 3.00. The molecule has 1 heterocycles. The van der Waals surface area contributed by atoms with Crippen LogP contribution in [0.25, 0.3) is 0 Å². The number of hydrogen-bond donors (Lipinski definition) is 1. The van der Waals surface area contributed by atoms with Crippen molar-refractivity contribution in [3.63, 3.8) is 0 Å². The van der Waals surface area contributed by atoms with Crippen LogP contribution >= 0.6 is 11.8 Å².